The van der Waals surface area contributed by atoms with Gasteiger partial charge in [-0.05, 0) is 47.9 Å². The van der Waals surface area contributed by atoms with Crippen LogP contribution in [0.15, 0.2) is 174 Å². The Balaban J connectivity index is 1.29. The molecule has 0 fully saturated rings. The van der Waals surface area contributed by atoms with Gasteiger partial charge >= 0.3 is 0 Å². The van der Waals surface area contributed by atoms with Crippen molar-refractivity contribution in [2.24, 2.45) is 0 Å². The van der Waals surface area contributed by atoms with Gasteiger partial charge in [0.05, 0.1) is 39.0 Å². The second-order valence-corrected chi connectivity index (χ2v) is 13.7. The van der Waals surface area contributed by atoms with E-state index in [0.717, 1.165) is 82.6 Å². The molecule has 5 heteroatoms. The van der Waals surface area contributed by atoms with Gasteiger partial charge in [-0.3, -0.25) is 4.57 Å². The lowest BCUT2D eigenvalue weighted by Gasteiger charge is -2.13. The topological polar surface area (TPSA) is 48.8 Å². The summed E-state index contributed by atoms with van der Waals surface area (Å²) in [5, 5.41) is 10.3. The molecule has 12 rings (SSSR count). The van der Waals surface area contributed by atoms with E-state index in [0.29, 0.717) is 5.95 Å². The fourth-order valence-electron chi connectivity index (χ4n) is 8.71. The monoisotopic (exact) mass is 676 g/mol. The van der Waals surface area contributed by atoms with Crippen molar-refractivity contribution in [2.45, 2.75) is 0 Å². The molecule has 0 saturated heterocycles. The summed E-state index contributed by atoms with van der Waals surface area (Å²) in [6.45, 7) is 0. The highest BCUT2D eigenvalue weighted by Crippen LogP contribution is 2.46. The van der Waals surface area contributed by atoms with Gasteiger partial charge in [0.2, 0.25) is 5.95 Å². The summed E-state index contributed by atoms with van der Waals surface area (Å²) < 4.78 is 11.2. The molecule has 0 amide bonds. The normalized spacial score (nSPS) is 12.2. The van der Waals surface area contributed by atoms with Gasteiger partial charge in [-0.1, -0.05) is 127 Å². The predicted octanol–water partition coefficient (Wildman–Crippen LogP) is 12.5. The zero-order chi connectivity index (χ0) is 34.6. The summed E-state index contributed by atoms with van der Waals surface area (Å²) in [5.41, 5.74) is 10.2. The van der Waals surface area contributed by atoms with Crippen LogP contribution in [0, 0.1) is 0 Å². The van der Waals surface area contributed by atoms with E-state index >= 15 is 0 Å². The standard InChI is InChI=1S/C48H28N4O/c1-2-14-30(15-3-1)46-32-18-6-9-21-36(32)49-48(50-46)52-38-22-10-7-19-33(38)44-40(52)26-25-35-43-39(27-28-42-45(43)34-20-8-11-24-41(34)53-42)51(47(35)44)37-23-12-16-29-13-4-5-17-31(29)37/h1-28H. The maximum absolute atomic E-state index is 6.47. The number of hydrogen-bond donors (Lipinski definition) is 0. The second-order valence-electron chi connectivity index (χ2n) is 13.7. The van der Waals surface area contributed by atoms with E-state index in [1.54, 1.807) is 0 Å². The van der Waals surface area contributed by atoms with Gasteiger partial charge in [0, 0.05) is 48.7 Å². The first kappa shape index (κ1) is 28.5. The van der Waals surface area contributed by atoms with Crippen LogP contribution in [0.2, 0.25) is 0 Å². The van der Waals surface area contributed by atoms with E-state index < -0.39 is 0 Å². The second kappa shape index (κ2) is 10.6. The third-order valence-corrected chi connectivity index (χ3v) is 10.9. The molecule has 0 aliphatic heterocycles. The number of hydrogen-bond acceptors (Lipinski definition) is 3. The molecule has 4 heterocycles. The van der Waals surface area contributed by atoms with Gasteiger partial charge in [0.15, 0.2) is 0 Å². The van der Waals surface area contributed by atoms with Crippen LogP contribution in [0.1, 0.15) is 0 Å². The zero-order valence-electron chi connectivity index (χ0n) is 28.4. The van der Waals surface area contributed by atoms with Crippen molar-refractivity contribution in [3.8, 4) is 22.9 Å². The van der Waals surface area contributed by atoms with E-state index in [1.807, 2.05) is 18.2 Å². The number of fused-ring (bicyclic) bond motifs is 13. The van der Waals surface area contributed by atoms with Gasteiger partial charge in [-0.15, -0.1) is 0 Å². The Kier molecular flexibility index (Phi) is 5.71. The lowest BCUT2D eigenvalue weighted by molar-refractivity contribution is 0.669. The Morgan fingerprint density at radius 3 is 2.00 bits per heavy atom. The summed E-state index contributed by atoms with van der Waals surface area (Å²) in [5.74, 6) is 0.643. The molecule has 53 heavy (non-hydrogen) atoms. The summed E-state index contributed by atoms with van der Waals surface area (Å²) in [6.07, 6.45) is 0. The van der Waals surface area contributed by atoms with Crippen LogP contribution in [-0.4, -0.2) is 19.1 Å². The van der Waals surface area contributed by atoms with Crippen LogP contribution in [0.5, 0.6) is 0 Å². The van der Waals surface area contributed by atoms with Gasteiger partial charge in [0.25, 0.3) is 0 Å². The minimum absolute atomic E-state index is 0.643. The van der Waals surface area contributed by atoms with E-state index in [-0.39, 0.29) is 0 Å². The first-order valence-corrected chi connectivity index (χ1v) is 17.9. The van der Waals surface area contributed by atoms with Crippen molar-refractivity contribution in [1.82, 2.24) is 19.1 Å². The third kappa shape index (κ3) is 3.91. The van der Waals surface area contributed by atoms with E-state index in [4.69, 9.17) is 14.4 Å². The Morgan fingerprint density at radius 2 is 1.09 bits per heavy atom. The van der Waals surface area contributed by atoms with Crippen molar-refractivity contribution in [1.29, 1.82) is 0 Å². The summed E-state index contributed by atoms with van der Waals surface area (Å²) >= 11 is 0. The highest BCUT2D eigenvalue weighted by atomic mass is 16.3. The first-order valence-electron chi connectivity index (χ1n) is 17.9. The molecule has 0 bridgehead atoms. The quantitative estimate of drug-likeness (QED) is 0.187. The van der Waals surface area contributed by atoms with Crippen LogP contribution < -0.4 is 0 Å². The smallest absolute Gasteiger partial charge is 0.235 e. The van der Waals surface area contributed by atoms with Crippen LogP contribution in [0.25, 0.3) is 110 Å². The maximum atomic E-state index is 6.47. The van der Waals surface area contributed by atoms with Gasteiger partial charge in [-0.2, -0.15) is 0 Å². The van der Waals surface area contributed by atoms with Gasteiger partial charge in [-0.25, -0.2) is 9.97 Å². The highest BCUT2D eigenvalue weighted by Gasteiger charge is 2.25. The fraction of sp³-hybridized carbons (Fsp3) is 0. The molecule has 12 aromatic rings. The van der Waals surface area contributed by atoms with Crippen LogP contribution in [-0.2, 0) is 0 Å². The summed E-state index contributed by atoms with van der Waals surface area (Å²) in [6, 6.07) is 59.9. The molecule has 246 valence electrons. The third-order valence-electron chi connectivity index (χ3n) is 10.9. The van der Waals surface area contributed by atoms with Crippen molar-refractivity contribution in [3.63, 3.8) is 0 Å². The molecule has 0 atom stereocenters. The van der Waals surface area contributed by atoms with E-state index in [1.165, 1.54) is 21.5 Å². The average Bonchev–Trinajstić information content (AvgIpc) is 3.88. The molecular weight excluding hydrogens is 649 g/mol. The molecule has 8 aromatic carbocycles. The SMILES string of the molecule is c1ccc(-c2nc(-n3c4ccccc4c4c3ccc3c5c6c(ccc5n(-c5cccc7ccccc57)c34)oc3ccccc36)nc3ccccc23)cc1. The van der Waals surface area contributed by atoms with Gasteiger partial charge in [0.1, 0.15) is 11.2 Å². The molecular formula is C48H28N4O. The minimum Gasteiger partial charge on any atom is -0.456 e. The molecule has 4 aromatic heterocycles. The molecule has 0 radical (unpaired) electrons. The zero-order valence-corrected chi connectivity index (χ0v) is 28.4. The first-order chi connectivity index (χ1) is 26.3. The number of aromatic nitrogens is 4. The molecule has 0 unspecified atom stereocenters. The lowest BCUT2D eigenvalue weighted by Crippen LogP contribution is -2.03. The van der Waals surface area contributed by atoms with Crippen molar-refractivity contribution in [3.05, 3.63) is 170 Å². The fourth-order valence-corrected chi connectivity index (χ4v) is 8.71. The number of furan rings is 1. The van der Waals surface area contributed by atoms with Crippen LogP contribution in [0.3, 0.4) is 0 Å². The number of rotatable bonds is 3. The summed E-state index contributed by atoms with van der Waals surface area (Å²) in [7, 11) is 0. The van der Waals surface area contributed by atoms with E-state index in [9.17, 15) is 0 Å². The lowest BCUT2D eigenvalue weighted by atomic mass is 10.0. The molecule has 0 aliphatic rings. The van der Waals surface area contributed by atoms with Crippen molar-refractivity contribution < 1.29 is 4.42 Å². The highest BCUT2D eigenvalue weighted by molar-refractivity contribution is 6.33. The predicted molar refractivity (Wildman–Crippen MR) is 218 cm³/mol. The summed E-state index contributed by atoms with van der Waals surface area (Å²) in [4.78, 5) is 10.6. The molecule has 0 spiro atoms. The van der Waals surface area contributed by atoms with E-state index in [2.05, 4.69) is 161 Å². The van der Waals surface area contributed by atoms with Crippen LogP contribution >= 0.6 is 0 Å². The molecule has 5 nitrogen and oxygen atoms in total. The van der Waals surface area contributed by atoms with Gasteiger partial charge < -0.3 is 8.98 Å². The number of benzene rings is 8. The molecule has 0 N–H and O–H groups in total. The molecule has 0 saturated carbocycles. The average molecular weight is 677 g/mol. The Bertz CT molecular complexity index is 3450. The molecule has 0 aliphatic carbocycles. The largest absolute Gasteiger partial charge is 0.456 e. The Morgan fingerprint density at radius 1 is 0.396 bits per heavy atom. The number of nitrogens with zero attached hydrogens (tertiary/aromatic N) is 4. The van der Waals surface area contributed by atoms with Crippen LogP contribution in [0.4, 0.5) is 0 Å². The van der Waals surface area contributed by atoms with Crippen molar-refractivity contribution in [2.75, 3.05) is 0 Å². The Hall–Kier alpha value is -7.24. The number of para-hydroxylation sites is 3. The minimum atomic E-state index is 0.643. The Labute approximate surface area is 302 Å². The van der Waals surface area contributed by atoms with Crippen molar-refractivity contribution >= 4 is 87.2 Å². The maximum Gasteiger partial charge on any atom is 0.235 e.